The summed E-state index contributed by atoms with van der Waals surface area (Å²) < 4.78 is 16.7. The SMILES string of the molecule is COc1cc2c(cc1OC)CN(CCc1ccc(COc3cccc(C=O)c3)cc1)CC2. The summed E-state index contributed by atoms with van der Waals surface area (Å²) in [5, 5.41) is 0. The minimum Gasteiger partial charge on any atom is -0.493 e. The van der Waals surface area contributed by atoms with Crippen LogP contribution < -0.4 is 14.2 Å². The number of hydrogen-bond acceptors (Lipinski definition) is 5. The predicted molar refractivity (Wildman–Crippen MR) is 125 cm³/mol. The molecule has 0 fully saturated rings. The van der Waals surface area contributed by atoms with Crippen LogP contribution in [0.25, 0.3) is 0 Å². The van der Waals surface area contributed by atoms with Gasteiger partial charge in [0.1, 0.15) is 18.6 Å². The van der Waals surface area contributed by atoms with Crippen LogP contribution in [-0.2, 0) is 26.0 Å². The predicted octanol–water partition coefficient (Wildman–Crippen LogP) is 4.70. The largest absolute Gasteiger partial charge is 0.493 e. The van der Waals surface area contributed by atoms with Crippen LogP contribution >= 0.6 is 0 Å². The molecule has 0 bridgehead atoms. The standard InChI is InChI=1S/C27H29NO4/c1-30-26-15-23-11-13-28(17-24(23)16-27(26)31-2)12-10-20-6-8-21(9-7-20)19-32-25-5-3-4-22(14-25)18-29/h3-9,14-16,18H,10-13,17,19H2,1-2H3. The Bertz CT molecular complexity index is 1060. The van der Waals surface area contributed by atoms with E-state index in [9.17, 15) is 4.79 Å². The van der Waals surface area contributed by atoms with E-state index in [0.717, 1.165) is 55.8 Å². The average molecular weight is 432 g/mol. The Morgan fingerprint density at radius 3 is 2.34 bits per heavy atom. The normalized spacial score (nSPS) is 13.3. The van der Waals surface area contributed by atoms with Gasteiger partial charge in [-0.2, -0.15) is 0 Å². The Morgan fingerprint density at radius 1 is 0.906 bits per heavy atom. The quantitative estimate of drug-likeness (QED) is 0.460. The summed E-state index contributed by atoms with van der Waals surface area (Å²) in [4.78, 5) is 13.4. The smallest absolute Gasteiger partial charge is 0.161 e. The number of rotatable bonds is 9. The molecule has 5 heteroatoms. The zero-order valence-electron chi connectivity index (χ0n) is 18.7. The zero-order chi connectivity index (χ0) is 22.3. The lowest BCUT2D eigenvalue weighted by Crippen LogP contribution is -2.32. The van der Waals surface area contributed by atoms with Crippen molar-refractivity contribution in [2.24, 2.45) is 0 Å². The third kappa shape index (κ3) is 5.29. The lowest BCUT2D eigenvalue weighted by molar-refractivity contribution is 0.112. The Morgan fingerprint density at radius 2 is 1.62 bits per heavy atom. The molecule has 3 aromatic carbocycles. The van der Waals surface area contributed by atoms with Crippen molar-refractivity contribution in [1.29, 1.82) is 0 Å². The first kappa shape index (κ1) is 21.9. The molecule has 0 amide bonds. The number of ether oxygens (including phenoxy) is 3. The van der Waals surface area contributed by atoms with Crippen molar-refractivity contribution >= 4 is 6.29 Å². The van der Waals surface area contributed by atoms with E-state index in [1.165, 1.54) is 16.7 Å². The molecule has 5 nitrogen and oxygen atoms in total. The van der Waals surface area contributed by atoms with Gasteiger partial charge in [0.25, 0.3) is 0 Å². The molecule has 0 aromatic heterocycles. The van der Waals surface area contributed by atoms with E-state index in [-0.39, 0.29) is 0 Å². The highest BCUT2D eigenvalue weighted by atomic mass is 16.5. The maximum absolute atomic E-state index is 10.9. The van der Waals surface area contributed by atoms with Crippen molar-refractivity contribution in [3.63, 3.8) is 0 Å². The Kier molecular flexibility index (Phi) is 7.07. The maximum atomic E-state index is 10.9. The molecule has 0 N–H and O–H groups in total. The molecule has 0 unspecified atom stereocenters. The summed E-state index contributed by atoms with van der Waals surface area (Å²) in [6, 6.07) is 20.0. The second kappa shape index (κ2) is 10.3. The highest BCUT2D eigenvalue weighted by molar-refractivity contribution is 5.75. The molecule has 0 saturated carbocycles. The molecule has 0 aliphatic carbocycles. The van der Waals surface area contributed by atoms with Crippen molar-refractivity contribution in [3.05, 3.63) is 88.5 Å². The van der Waals surface area contributed by atoms with Crippen LogP contribution in [0.5, 0.6) is 17.2 Å². The number of hydrogen-bond donors (Lipinski definition) is 0. The molecule has 1 aliphatic rings. The highest BCUT2D eigenvalue weighted by Gasteiger charge is 2.19. The fraction of sp³-hybridized carbons (Fsp3) is 0.296. The van der Waals surface area contributed by atoms with Gasteiger partial charge in [-0.3, -0.25) is 9.69 Å². The first-order valence-electron chi connectivity index (χ1n) is 10.9. The van der Waals surface area contributed by atoms with Gasteiger partial charge < -0.3 is 14.2 Å². The van der Waals surface area contributed by atoms with Crippen LogP contribution in [0.2, 0.25) is 0 Å². The monoisotopic (exact) mass is 431 g/mol. The van der Waals surface area contributed by atoms with Gasteiger partial charge in [-0.25, -0.2) is 0 Å². The number of methoxy groups -OCH3 is 2. The van der Waals surface area contributed by atoms with Crippen molar-refractivity contribution in [1.82, 2.24) is 4.90 Å². The summed E-state index contributed by atoms with van der Waals surface area (Å²) in [6.45, 7) is 3.48. The number of fused-ring (bicyclic) bond motifs is 1. The van der Waals surface area contributed by atoms with Crippen molar-refractivity contribution in [2.45, 2.75) is 26.0 Å². The van der Waals surface area contributed by atoms with Gasteiger partial charge in [0.15, 0.2) is 11.5 Å². The number of benzene rings is 3. The molecule has 166 valence electrons. The molecule has 0 saturated heterocycles. The van der Waals surface area contributed by atoms with Crippen molar-refractivity contribution in [2.75, 3.05) is 27.3 Å². The van der Waals surface area contributed by atoms with Gasteiger partial charge in [0.05, 0.1) is 14.2 Å². The number of nitrogens with zero attached hydrogens (tertiary/aromatic N) is 1. The van der Waals surface area contributed by atoms with Gasteiger partial charge in [0, 0.05) is 25.2 Å². The van der Waals surface area contributed by atoms with E-state index in [4.69, 9.17) is 14.2 Å². The summed E-state index contributed by atoms with van der Waals surface area (Å²) in [5.74, 6) is 2.31. The van der Waals surface area contributed by atoms with Crippen LogP contribution in [0.1, 0.15) is 32.6 Å². The first-order chi connectivity index (χ1) is 15.7. The van der Waals surface area contributed by atoms with E-state index >= 15 is 0 Å². The first-order valence-corrected chi connectivity index (χ1v) is 10.9. The molecule has 1 aliphatic heterocycles. The minimum atomic E-state index is 0.483. The molecule has 3 aromatic rings. The van der Waals surface area contributed by atoms with Crippen molar-refractivity contribution in [3.8, 4) is 17.2 Å². The lowest BCUT2D eigenvalue weighted by atomic mass is 9.98. The molecular formula is C27H29NO4. The molecular weight excluding hydrogens is 402 g/mol. The van der Waals surface area contributed by atoms with Crippen LogP contribution in [0.15, 0.2) is 60.7 Å². The lowest BCUT2D eigenvalue weighted by Gasteiger charge is -2.29. The minimum absolute atomic E-state index is 0.483. The van der Waals surface area contributed by atoms with E-state index < -0.39 is 0 Å². The molecule has 0 atom stereocenters. The molecule has 0 radical (unpaired) electrons. The number of aldehydes is 1. The highest BCUT2D eigenvalue weighted by Crippen LogP contribution is 2.33. The maximum Gasteiger partial charge on any atom is 0.161 e. The second-order valence-corrected chi connectivity index (χ2v) is 8.05. The van der Waals surface area contributed by atoms with Gasteiger partial charge in [0.2, 0.25) is 0 Å². The Balaban J connectivity index is 1.29. The number of carbonyl (C=O) groups is 1. The Labute approximate surface area is 189 Å². The summed E-state index contributed by atoms with van der Waals surface area (Å²) >= 11 is 0. The zero-order valence-corrected chi connectivity index (χ0v) is 18.7. The molecule has 32 heavy (non-hydrogen) atoms. The van der Waals surface area contributed by atoms with Gasteiger partial charge in [-0.15, -0.1) is 0 Å². The third-order valence-electron chi connectivity index (χ3n) is 5.94. The van der Waals surface area contributed by atoms with Gasteiger partial charge in [-0.1, -0.05) is 36.4 Å². The van der Waals surface area contributed by atoms with Crippen LogP contribution in [-0.4, -0.2) is 38.5 Å². The summed E-state index contributed by atoms with van der Waals surface area (Å²) in [7, 11) is 3.36. The van der Waals surface area contributed by atoms with Gasteiger partial charge in [-0.05, 0) is 59.4 Å². The van der Waals surface area contributed by atoms with Crippen LogP contribution in [0.3, 0.4) is 0 Å². The van der Waals surface area contributed by atoms with E-state index in [1.54, 1.807) is 26.4 Å². The van der Waals surface area contributed by atoms with Crippen LogP contribution in [0.4, 0.5) is 0 Å². The number of carbonyl (C=O) groups excluding carboxylic acids is 1. The molecule has 4 rings (SSSR count). The average Bonchev–Trinajstić information content (AvgIpc) is 2.85. The fourth-order valence-electron chi connectivity index (χ4n) is 4.07. The van der Waals surface area contributed by atoms with Gasteiger partial charge >= 0.3 is 0 Å². The van der Waals surface area contributed by atoms with Crippen LogP contribution in [0, 0.1) is 0 Å². The summed E-state index contributed by atoms with van der Waals surface area (Å²) in [6.07, 6.45) is 2.86. The third-order valence-corrected chi connectivity index (χ3v) is 5.94. The van der Waals surface area contributed by atoms with E-state index in [1.807, 2.05) is 12.1 Å². The fourth-order valence-corrected chi connectivity index (χ4v) is 4.07. The van der Waals surface area contributed by atoms with E-state index in [0.29, 0.717) is 17.9 Å². The molecule has 1 heterocycles. The topological polar surface area (TPSA) is 48.0 Å². The molecule has 0 spiro atoms. The van der Waals surface area contributed by atoms with Crippen molar-refractivity contribution < 1.29 is 19.0 Å². The Hall–Kier alpha value is -3.31. The second-order valence-electron chi connectivity index (χ2n) is 8.05. The van der Waals surface area contributed by atoms with E-state index in [2.05, 4.69) is 41.3 Å². The summed E-state index contributed by atoms with van der Waals surface area (Å²) in [5.41, 5.74) is 5.71.